The number of carbonyl (C=O) groups is 1. The molecule has 0 aromatic heterocycles. The number of carbonyl (C=O) groups excluding carboxylic acids is 1. The zero-order valence-electron chi connectivity index (χ0n) is 15.1. The third-order valence-electron chi connectivity index (χ3n) is 5.02. The van der Waals surface area contributed by atoms with Gasteiger partial charge in [-0.2, -0.15) is 4.31 Å². The van der Waals surface area contributed by atoms with E-state index in [1.54, 1.807) is 19.1 Å². The fourth-order valence-corrected chi connectivity index (χ4v) is 5.07. The standard InChI is InChI=1S/C20H22ClNO4S/c1-2-26-19(23)20(16-6-4-3-5-7-16)12-14-22(15-13-20)27(24,25)18-10-8-17(21)9-11-18/h3-11H,2,12-15H2,1H3. The van der Waals surface area contributed by atoms with Crippen molar-refractivity contribution in [2.24, 2.45) is 0 Å². The van der Waals surface area contributed by atoms with E-state index in [-0.39, 0.29) is 24.0 Å². The highest BCUT2D eigenvalue weighted by Crippen LogP contribution is 2.38. The quantitative estimate of drug-likeness (QED) is 0.710. The number of ether oxygens (including phenoxy) is 1. The smallest absolute Gasteiger partial charge is 0.316 e. The molecule has 1 heterocycles. The summed E-state index contributed by atoms with van der Waals surface area (Å²) in [6.45, 7) is 2.56. The van der Waals surface area contributed by atoms with Gasteiger partial charge in [-0.05, 0) is 49.6 Å². The van der Waals surface area contributed by atoms with Crippen LogP contribution in [-0.4, -0.2) is 38.4 Å². The zero-order chi connectivity index (χ0) is 19.5. The maximum atomic E-state index is 12.9. The SMILES string of the molecule is CCOC(=O)C1(c2ccccc2)CCN(S(=O)(=O)c2ccc(Cl)cc2)CC1. The van der Waals surface area contributed by atoms with Gasteiger partial charge in [0.1, 0.15) is 0 Å². The van der Waals surface area contributed by atoms with Crippen molar-refractivity contribution < 1.29 is 17.9 Å². The second-order valence-corrected chi connectivity index (χ2v) is 8.90. The van der Waals surface area contributed by atoms with Gasteiger partial charge in [0.2, 0.25) is 10.0 Å². The van der Waals surface area contributed by atoms with Gasteiger partial charge in [-0.3, -0.25) is 4.79 Å². The average Bonchev–Trinajstić information content (AvgIpc) is 2.69. The molecule has 144 valence electrons. The number of sulfonamides is 1. The van der Waals surface area contributed by atoms with Gasteiger partial charge in [-0.25, -0.2) is 8.42 Å². The molecule has 3 rings (SSSR count). The van der Waals surface area contributed by atoms with Crippen LogP contribution in [0.5, 0.6) is 0 Å². The Morgan fingerprint density at radius 2 is 1.67 bits per heavy atom. The summed E-state index contributed by atoms with van der Waals surface area (Å²) in [7, 11) is -3.63. The number of rotatable bonds is 5. The Bertz CT molecular complexity index is 889. The number of nitrogens with zero attached hydrogens (tertiary/aromatic N) is 1. The number of halogens is 1. The summed E-state index contributed by atoms with van der Waals surface area (Å²) in [4.78, 5) is 13.0. The highest BCUT2D eigenvalue weighted by Gasteiger charge is 2.46. The second kappa shape index (κ2) is 8.00. The van der Waals surface area contributed by atoms with Crippen LogP contribution < -0.4 is 0 Å². The van der Waals surface area contributed by atoms with Gasteiger partial charge < -0.3 is 4.74 Å². The summed E-state index contributed by atoms with van der Waals surface area (Å²) in [5.74, 6) is -0.292. The van der Waals surface area contributed by atoms with Gasteiger partial charge in [0.25, 0.3) is 0 Å². The van der Waals surface area contributed by atoms with E-state index in [0.717, 1.165) is 5.56 Å². The molecule has 1 aliphatic rings. The van der Waals surface area contributed by atoms with E-state index < -0.39 is 15.4 Å². The van der Waals surface area contributed by atoms with Crippen molar-refractivity contribution in [3.05, 3.63) is 65.2 Å². The predicted octanol–water partition coefficient (Wildman–Crippen LogP) is 3.63. The first-order valence-electron chi connectivity index (χ1n) is 8.88. The lowest BCUT2D eigenvalue weighted by Gasteiger charge is -2.39. The zero-order valence-corrected chi connectivity index (χ0v) is 16.7. The highest BCUT2D eigenvalue weighted by molar-refractivity contribution is 7.89. The lowest BCUT2D eigenvalue weighted by Crippen LogP contribution is -2.49. The largest absolute Gasteiger partial charge is 0.465 e. The molecule has 2 aromatic rings. The van der Waals surface area contributed by atoms with Crippen LogP contribution in [0.1, 0.15) is 25.3 Å². The molecule has 0 aliphatic carbocycles. The number of hydrogen-bond acceptors (Lipinski definition) is 4. The molecule has 1 aliphatic heterocycles. The maximum Gasteiger partial charge on any atom is 0.316 e. The first kappa shape index (κ1) is 19.9. The van der Waals surface area contributed by atoms with E-state index in [1.807, 2.05) is 30.3 Å². The Morgan fingerprint density at radius 3 is 2.22 bits per heavy atom. The van der Waals surface area contributed by atoms with E-state index in [1.165, 1.54) is 16.4 Å². The molecule has 0 radical (unpaired) electrons. The third-order valence-corrected chi connectivity index (χ3v) is 7.18. The maximum absolute atomic E-state index is 12.9. The van der Waals surface area contributed by atoms with E-state index in [9.17, 15) is 13.2 Å². The molecule has 0 atom stereocenters. The molecule has 2 aromatic carbocycles. The summed E-state index contributed by atoms with van der Waals surface area (Å²) in [5.41, 5.74) is 0.0514. The number of piperidine rings is 1. The lowest BCUT2D eigenvalue weighted by molar-refractivity contribution is -0.152. The van der Waals surface area contributed by atoms with Crippen LogP contribution in [0.3, 0.4) is 0 Å². The van der Waals surface area contributed by atoms with E-state index >= 15 is 0 Å². The second-order valence-electron chi connectivity index (χ2n) is 6.53. The van der Waals surface area contributed by atoms with Crippen LogP contribution in [0, 0.1) is 0 Å². The first-order valence-corrected chi connectivity index (χ1v) is 10.7. The van der Waals surface area contributed by atoms with Crippen LogP contribution in [0.25, 0.3) is 0 Å². The highest BCUT2D eigenvalue weighted by atomic mass is 35.5. The summed E-state index contributed by atoms with van der Waals surface area (Å²) in [6.07, 6.45) is 0.755. The van der Waals surface area contributed by atoms with Crippen molar-refractivity contribution in [2.45, 2.75) is 30.1 Å². The predicted molar refractivity (Wildman–Crippen MR) is 104 cm³/mol. The lowest BCUT2D eigenvalue weighted by atomic mass is 9.73. The molecule has 0 unspecified atom stereocenters. The van der Waals surface area contributed by atoms with Gasteiger partial charge in [-0.15, -0.1) is 0 Å². The van der Waals surface area contributed by atoms with E-state index in [2.05, 4.69) is 0 Å². The Labute approximate surface area is 165 Å². The topological polar surface area (TPSA) is 63.7 Å². The van der Waals surface area contributed by atoms with Gasteiger partial charge in [0.15, 0.2) is 0 Å². The molecule has 1 fully saturated rings. The van der Waals surface area contributed by atoms with Gasteiger partial charge in [-0.1, -0.05) is 41.9 Å². The van der Waals surface area contributed by atoms with Crippen LogP contribution in [0.15, 0.2) is 59.5 Å². The van der Waals surface area contributed by atoms with Gasteiger partial charge in [0.05, 0.1) is 16.9 Å². The minimum absolute atomic E-state index is 0.204. The summed E-state index contributed by atoms with van der Waals surface area (Å²) in [6, 6.07) is 15.6. The molecule has 27 heavy (non-hydrogen) atoms. The van der Waals surface area contributed by atoms with Gasteiger partial charge >= 0.3 is 5.97 Å². The number of benzene rings is 2. The van der Waals surface area contributed by atoms with Crippen molar-refractivity contribution in [2.75, 3.05) is 19.7 Å². The van der Waals surface area contributed by atoms with Crippen LogP contribution in [0.4, 0.5) is 0 Å². The molecule has 5 nitrogen and oxygen atoms in total. The molecule has 7 heteroatoms. The number of hydrogen-bond donors (Lipinski definition) is 0. The summed E-state index contributed by atoms with van der Waals surface area (Å²) >= 11 is 5.86. The Morgan fingerprint density at radius 1 is 1.07 bits per heavy atom. The van der Waals surface area contributed by atoms with Crippen molar-refractivity contribution in [3.63, 3.8) is 0 Å². The van der Waals surface area contributed by atoms with E-state index in [0.29, 0.717) is 24.5 Å². The Hall–Kier alpha value is -1.89. The molecule has 0 amide bonds. The molecule has 0 bridgehead atoms. The molecule has 0 saturated carbocycles. The fourth-order valence-electron chi connectivity index (χ4n) is 3.50. The molecule has 0 spiro atoms. The Kier molecular flexibility index (Phi) is 5.89. The van der Waals surface area contributed by atoms with Crippen molar-refractivity contribution in [1.82, 2.24) is 4.31 Å². The van der Waals surface area contributed by atoms with Crippen molar-refractivity contribution in [1.29, 1.82) is 0 Å². The Balaban J connectivity index is 1.86. The van der Waals surface area contributed by atoms with Crippen molar-refractivity contribution >= 4 is 27.6 Å². The summed E-state index contributed by atoms with van der Waals surface area (Å²) < 4.78 is 32.6. The number of esters is 1. The molecular formula is C20H22ClNO4S. The van der Waals surface area contributed by atoms with Crippen LogP contribution in [-0.2, 0) is 25.0 Å². The van der Waals surface area contributed by atoms with Crippen LogP contribution >= 0.6 is 11.6 Å². The van der Waals surface area contributed by atoms with Crippen molar-refractivity contribution in [3.8, 4) is 0 Å². The average molecular weight is 408 g/mol. The fraction of sp³-hybridized carbons (Fsp3) is 0.350. The minimum atomic E-state index is -3.63. The van der Waals surface area contributed by atoms with Crippen LogP contribution in [0.2, 0.25) is 5.02 Å². The van der Waals surface area contributed by atoms with Gasteiger partial charge in [0, 0.05) is 18.1 Å². The first-order chi connectivity index (χ1) is 12.9. The third kappa shape index (κ3) is 3.88. The van der Waals surface area contributed by atoms with E-state index in [4.69, 9.17) is 16.3 Å². The molecule has 1 saturated heterocycles. The normalized spacial score (nSPS) is 17.4. The monoisotopic (exact) mass is 407 g/mol. The summed E-state index contributed by atoms with van der Waals surface area (Å²) in [5, 5.41) is 0.484. The molecule has 0 N–H and O–H groups in total. The minimum Gasteiger partial charge on any atom is -0.465 e. The molecular weight excluding hydrogens is 386 g/mol.